The van der Waals surface area contributed by atoms with Crippen molar-refractivity contribution < 1.29 is 31.1 Å². The molecular weight excluding hydrogens is 717 g/mol. The highest BCUT2D eigenvalue weighted by Gasteiger charge is 2.65. The van der Waals surface area contributed by atoms with Gasteiger partial charge in [0.1, 0.15) is 29.6 Å². The Bertz CT molecular complexity index is 2410. The Morgan fingerprint density at radius 3 is 1.70 bits per heavy atom. The first-order chi connectivity index (χ1) is 26.0. The second kappa shape index (κ2) is 13.8. The van der Waals surface area contributed by atoms with Crippen LogP contribution in [0, 0.1) is 16.7 Å². The molecule has 8 rings (SSSR count). The van der Waals surface area contributed by atoms with E-state index in [-0.39, 0.29) is 17.5 Å². The Balaban J connectivity index is 1.20. The summed E-state index contributed by atoms with van der Waals surface area (Å²) in [4.78, 5) is 15.5. The lowest BCUT2D eigenvalue weighted by atomic mass is 9.70. The van der Waals surface area contributed by atoms with Crippen molar-refractivity contribution in [2.75, 3.05) is 20.0 Å². The summed E-state index contributed by atoms with van der Waals surface area (Å²) in [6.07, 6.45) is 1.78. The molecule has 7 nitrogen and oxygen atoms in total. The average molecular weight is 761 g/mol. The Kier molecular flexibility index (Phi) is 9.23. The van der Waals surface area contributed by atoms with Gasteiger partial charge in [0.15, 0.2) is 0 Å². The number of ketones is 1. The van der Waals surface area contributed by atoms with E-state index in [9.17, 15) is 13.2 Å². The van der Waals surface area contributed by atoms with Crippen LogP contribution in [0.25, 0.3) is 21.5 Å². The third-order valence-corrected chi connectivity index (χ3v) is 17.3. The van der Waals surface area contributed by atoms with Crippen LogP contribution in [0.2, 0.25) is 0 Å². The van der Waals surface area contributed by atoms with Gasteiger partial charge in [-0.3, -0.25) is 4.79 Å². The second-order valence-electron chi connectivity index (χ2n) is 14.9. The van der Waals surface area contributed by atoms with Gasteiger partial charge in [-0.25, -0.2) is 3.63 Å². The molecule has 6 aromatic carbocycles. The number of carbonyl (C=O) groups excluding carboxylic acids is 1. The van der Waals surface area contributed by atoms with Gasteiger partial charge in [0.25, 0.3) is 10.1 Å². The molecule has 2 saturated carbocycles. The number of carbonyl (C=O) groups is 1. The maximum atomic E-state index is 14.7. The Hall–Kier alpha value is -4.83. The second-order valence-corrected chi connectivity index (χ2v) is 19.4. The fraction of sp³-hybridized carbons (Fsp3) is 0.267. The summed E-state index contributed by atoms with van der Waals surface area (Å²) < 4.78 is 53.5. The monoisotopic (exact) mass is 760 g/mol. The van der Waals surface area contributed by atoms with Gasteiger partial charge in [-0.1, -0.05) is 62.4 Å². The highest BCUT2D eigenvalue weighted by molar-refractivity contribution is 8.33. The van der Waals surface area contributed by atoms with Crippen molar-refractivity contribution in [3.63, 3.8) is 0 Å². The fourth-order valence-electron chi connectivity index (χ4n) is 8.79. The van der Waals surface area contributed by atoms with E-state index in [0.29, 0.717) is 51.4 Å². The van der Waals surface area contributed by atoms with E-state index >= 15 is 0 Å². The largest absolute Gasteiger partial charge is 0.497 e. The molecule has 6 aromatic rings. The summed E-state index contributed by atoms with van der Waals surface area (Å²) in [5, 5.41) is 4.64. The highest BCUT2D eigenvalue weighted by Crippen LogP contribution is 2.71. The summed E-state index contributed by atoms with van der Waals surface area (Å²) in [6.45, 7) is 4.42. The molecule has 9 heteroatoms. The van der Waals surface area contributed by atoms with Crippen molar-refractivity contribution in [3.05, 3.63) is 133 Å². The van der Waals surface area contributed by atoms with E-state index in [1.807, 2.05) is 98.8 Å². The molecule has 0 amide bonds. The molecule has 0 radical (unpaired) electrons. The minimum atomic E-state index is -4.32. The molecule has 2 atom stereocenters. The SMILES string of the molecule is COc1ccc(S(OS(=O)(=O)CC23CCC(CC2=O)C3(C)C)(c2ccc(OC)cc2)c2ccc(OCc3cc4ccccc4c4ccccc34)cc2)cc1. The predicted molar refractivity (Wildman–Crippen MR) is 214 cm³/mol. The van der Waals surface area contributed by atoms with E-state index in [1.165, 1.54) is 10.8 Å². The van der Waals surface area contributed by atoms with E-state index in [0.717, 1.165) is 22.8 Å². The Labute approximate surface area is 318 Å². The van der Waals surface area contributed by atoms with Crippen molar-refractivity contribution in [2.45, 2.75) is 54.4 Å². The Morgan fingerprint density at radius 2 is 1.19 bits per heavy atom. The topological polar surface area (TPSA) is 88.1 Å². The zero-order valence-corrected chi connectivity index (χ0v) is 32.5. The fourth-order valence-corrected chi connectivity index (χ4v) is 14.8. The van der Waals surface area contributed by atoms with Crippen LogP contribution in [0.4, 0.5) is 0 Å². The Morgan fingerprint density at radius 1 is 0.667 bits per heavy atom. The first kappa shape index (κ1) is 36.2. The van der Waals surface area contributed by atoms with Crippen molar-refractivity contribution in [3.8, 4) is 17.2 Å². The summed E-state index contributed by atoms with van der Waals surface area (Å²) in [5.41, 5.74) is -0.377. The first-order valence-corrected chi connectivity index (χ1v) is 21.3. The minimum Gasteiger partial charge on any atom is -0.497 e. The van der Waals surface area contributed by atoms with Crippen LogP contribution >= 0.6 is 10.3 Å². The minimum absolute atomic E-state index is 0.0195. The van der Waals surface area contributed by atoms with Crippen molar-refractivity contribution in [1.29, 1.82) is 0 Å². The number of fused-ring (bicyclic) bond motifs is 5. The number of benzene rings is 6. The molecule has 0 heterocycles. The van der Waals surface area contributed by atoms with Gasteiger partial charge in [0.2, 0.25) is 0 Å². The molecule has 2 bridgehead atoms. The zero-order valence-electron chi connectivity index (χ0n) is 30.9. The van der Waals surface area contributed by atoms with E-state index < -0.39 is 31.3 Å². The third-order valence-electron chi connectivity index (χ3n) is 12.0. The van der Waals surface area contributed by atoms with Crippen LogP contribution < -0.4 is 14.2 Å². The summed E-state index contributed by atoms with van der Waals surface area (Å²) in [5.74, 6) is 1.70. The van der Waals surface area contributed by atoms with Crippen LogP contribution in [-0.4, -0.2) is 34.2 Å². The van der Waals surface area contributed by atoms with Gasteiger partial charge in [0.05, 0.1) is 25.4 Å². The maximum absolute atomic E-state index is 14.7. The molecule has 2 aliphatic rings. The van der Waals surface area contributed by atoms with Crippen LogP contribution in [0.1, 0.15) is 38.7 Å². The lowest BCUT2D eigenvalue weighted by Gasteiger charge is -2.41. The molecule has 0 aromatic heterocycles. The zero-order chi connectivity index (χ0) is 37.7. The predicted octanol–water partition coefficient (Wildman–Crippen LogP) is 10.5. The summed E-state index contributed by atoms with van der Waals surface area (Å²) in [7, 11) is -4.10. The van der Waals surface area contributed by atoms with Gasteiger partial charge in [0, 0.05) is 21.1 Å². The first-order valence-electron chi connectivity index (χ1n) is 18.2. The maximum Gasteiger partial charge on any atom is 0.278 e. The summed E-state index contributed by atoms with van der Waals surface area (Å²) in [6, 6.07) is 41.1. The van der Waals surface area contributed by atoms with Crippen molar-refractivity contribution >= 4 is 47.8 Å². The molecule has 2 fully saturated rings. The van der Waals surface area contributed by atoms with Crippen molar-refractivity contribution in [2.24, 2.45) is 16.7 Å². The molecule has 0 spiro atoms. The van der Waals surface area contributed by atoms with Crippen LogP contribution in [-0.2, 0) is 25.1 Å². The molecule has 2 aliphatic carbocycles. The summed E-state index contributed by atoms with van der Waals surface area (Å²) >= 11 is 0. The molecular formula is C45H44O7S2. The lowest BCUT2D eigenvalue weighted by molar-refractivity contribution is -0.128. The highest BCUT2D eigenvalue weighted by atomic mass is 32.3. The lowest BCUT2D eigenvalue weighted by Crippen LogP contribution is -2.42. The number of rotatable bonds is 12. The number of ether oxygens (including phenoxy) is 3. The molecule has 0 saturated heterocycles. The van der Waals surface area contributed by atoms with E-state index in [4.69, 9.17) is 17.8 Å². The van der Waals surface area contributed by atoms with Crippen molar-refractivity contribution in [1.82, 2.24) is 0 Å². The normalized spacial score (nSPS) is 19.6. The molecule has 278 valence electrons. The number of hydrogen-bond acceptors (Lipinski definition) is 7. The standard InChI is InChI=1S/C45H44O7S2/c1-44(2)33-25-26-45(44,43(46)28-33)30-53(47,48)52-54(37-19-13-34(49-3)14-20-37,38-21-15-35(50-4)16-22-38)39-23-17-36(18-24-39)51-29-32-27-31-9-5-6-10-40(31)42-12-8-7-11-41(32)42/h5-24,27,33H,25-26,28-30H2,1-4H3. The van der Waals surface area contributed by atoms with E-state index in [2.05, 4.69) is 42.5 Å². The molecule has 2 unspecified atom stereocenters. The van der Waals surface area contributed by atoms with Crippen LogP contribution in [0.3, 0.4) is 0 Å². The van der Waals surface area contributed by atoms with Gasteiger partial charge in [-0.05, 0) is 140 Å². The van der Waals surface area contributed by atoms with Gasteiger partial charge < -0.3 is 14.2 Å². The quantitative estimate of drug-likeness (QED) is 0.115. The molecule has 54 heavy (non-hydrogen) atoms. The van der Waals surface area contributed by atoms with Gasteiger partial charge >= 0.3 is 0 Å². The smallest absolute Gasteiger partial charge is 0.278 e. The number of hydrogen-bond donors (Lipinski definition) is 0. The average Bonchev–Trinajstić information content (AvgIpc) is 3.54. The third kappa shape index (κ3) is 6.03. The van der Waals surface area contributed by atoms with Crippen LogP contribution in [0.15, 0.2) is 142 Å². The number of methoxy groups -OCH3 is 2. The van der Waals surface area contributed by atoms with Gasteiger partial charge in [-0.15, -0.1) is 0 Å². The van der Waals surface area contributed by atoms with E-state index in [1.54, 1.807) is 14.2 Å². The molecule has 0 aliphatic heterocycles. The number of Topliss-reactive ketones (excluding diaryl/α,β-unsaturated/α-hetero) is 1. The molecule has 0 N–H and O–H groups in total. The van der Waals surface area contributed by atoms with Gasteiger partial charge in [-0.2, -0.15) is 8.42 Å². The van der Waals surface area contributed by atoms with Crippen LogP contribution in [0.5, 0.6) is 17.2 Å².